The van der Waals surface area contributed by atoms with E-state index in [0.29, 0.717) is 6.42 Å². The highest BCUT2D eigenvalue weighted by molar-refractivity contribution is 7.89. The molecule has 1 aromatic heterocycles. The van der Waals surface area contributed by atoms with Gasteiger partial charge < -0.3 is 5.73 Å². The van der Waals surface area contributed by atoms with E-state index in [1.54, 1.807) is 12.1 Å². The molecular weight excluding hydrogens is 281 g/mol. The molecule has 1 heterocycles. The number of aromatic nitrogens is 1. The third-order valence-electron chi connectivity index (χ3n) is 2.66. The number of pyridine rings is 1. The Morgan fingerprint density at radius 2 is 2.05 bits per heavy atom. The van der Waals surface area contributed by atoms with E-state index in [2.05, 4.69) is 9.71 Å². The van der Waals surface area contributed by atoms with Crippen LogP contribution in [0, 0.1) is 5.82 Å². The third-order valence-corrected chi connectivity index (χ3v) is 4.11. The number of nitrogens with one attached hydrogen (secondary N) is 1. The van der Waals surface area contributed by atoms with E-state index in [4.69, 9.17) is 5.73 Å². The van der Waals surface area contributed by atoms with Crippen LogP contribution in [0.25, 0.3) is 0 Å². The lowest BCUT2D eigenvalue weighted by Crippen LogP contribution is -2.26. The molecule has 0 amide bonds. The van der Waals surface area contributed by atoms with Gasteiger partial charge in [-0.15, -0.1) is 0 Å². The Hall–Kier alpha value is -1.99. The van der Waals surface area contributed by atoms with Gasteiger partial charge in [0.1, 0.15) is 16.5 Å². The van der Waals surface area contributed by atoms with E-state index in [-0.39, 0.29) is 23.1 Å². The minimum atomic E-state index is -3.62. The van der Waals surface area contributed by atoms with E-state index < -0.39 is 10.0 Å². The standard InChI is InChI=1S/C13H14FN3O2S/c14-11-3-1-2-10(8-11)6-7-17-20(18,19)12-4-5-13(15)16-9-12/h1-5,8-9,17H,6-7H2,(H2,15,16). The minimum absolute atomic E-state index is 0.0472. The molecule has 0 fully saturated rings. The zero-order valence-corrected chi connectivity index (χ0v) is 11.4. The SMILES string of the molecule is Nc1ccc(S(=O)(=O)NCCc2cccc(F)c2)cn1. The summed E-state index contributed by atoms with van der Waals surface area (Å²) in [6.45, 7) is 0.177. The van der Waals surface area contributed by atoms with Gasteiger partial charge in [0.15, 0.2) is 0 Å². The average Bonchev–Trinajstić information content (AvgIpc) is 2.39. The Balaban J connectivity index is 1.98. The van der Waals surface area contributed by atoms with Crippen LogP contribution in [0.4, 0.5) is 10.2 Å². The molecule has 0 radical (unpaired) electrons. The van der Waals surface area contributed by atoms with E-state index >= 15 is 0 Å². The summed E-state index contributed by atoms with van der Waals surface area (Å²) in [5.74, 6) is -0.0863. The second-order valence-corrected chi connectivity index (χ2v) is 5.96. The number of halogens is 1. The van der Waals surface area contributed by atoms with E-state index in [1.165, 1.54) is 30.5 Å². The van der Waals surface area contributed by atoms with E-state index in [0.717, 1.165) is 5.56 Å². The van der Waals surface area contributed by atoms with Gasteiger partial charge in [-0.1, -0.05) is 12.1 Å². The monoisotopic (exact) mass is 295 g/mol. The molecule has 5 nitrogen and oxygen atoms in total. The highest BCUT2D eigenvalue weighted by atomic mass is 32.2. The average molecular weight is 295 g/mol. The van der Waals surface area contributed by atoms with Crippen LogP contribution in [-0.2, 0) is 16.4 Å². The first-order chi connectivity index (χ1) is 9.47. The second-order valence-electron chi connectivity index (χ2n) is 4.20. The van der Waals surface area contributed by atoms with Gasteiger partial charge in [-0.3, -0.25) is 0 Å². The Labute approximate surface area is 116 Å². The summed E-state index contributed by atoms with van der Waals surface area (Å²) in [5, 5.41) is 0. The topological polar surface area (TPSA) is 85.1 Å². The predicted octanol–water partition coefficient (Wildman–Crippen LogP) is 1.32. The van der Waals surface area contributed by atoms with Crippen LogP contribution in [0.1, 0.15) is 5.56 Å². The molecule has 0 unspecified atom stereocenters. The number of hydrogen-bond acceptors (Lipinski definition) is 4. The van der Waals surface area contributed by atoms with Crippen molar-refractivity contribution in [3.8, 4) is 0 Å². The molecule has 0 saturated heterocycles. The summed E-state index contributed by atoms with van der Waals surface area (Å²) >= 11 is 0. The molecule has 0 aliphatic carbocycles. The molecule has 3 N–H and O–H groups in total. The molecule has 7 heteroatoms. The smallest absolute Gasteiger partial charge is 0.242 e. The van der Waals surface area contributed by atoms with Gasteiger partial charge in [-0.25, -0.2) is 22.5 Å². The molecule has 0 aliphatic heterocycles. The van der Waals surface area contributed by atoms with Crippen molar-refractivity contribution in [2.24, 2.45) is 0 Å². The molecule has 106 valence electrons. The number of sulfonamides is 1. The first-order valence-corrected chi connectivity index (χ1v) is 7.41. The fourth-order valence-electron chi connectivity index (χ4n) is 1.66. The van der Waals surface area contributed by atoms with Crippen LogP contribution in [-0.4, -0.2) is 19.9 Å². The number of benzene rings is 1. The predicted molar refractivity (Wildman–Crippen MR) is 73.9 cm³/mol. The van der Waals surface area contributed by atoms with Gasteiger partial charge in [-0.05, 0) is 36.2 Å². The molecule has 0 saturated carbocycles. The molecule has 2 rings (SSSR count). The van der Waals surface area contributed by atoms with Crippen LogP contribution in [0.15, 0.2) is 47.5 Å². The number of nitrogens with two attached hydrogens (primary N) is 1. The summed E-state index contributed by atoms with van der Waals surface area (Å²) in [6, 6.07) is 8.84. The maximum Gasteiger partial charge on any atom is 0.242 e. The molecule has 20 heavy (non-hydrogen) atoms. The molecule has 0 atom stereocenters. The number of nitrogen functional groups attached to an aromatic ring is 1. The van der Waals surface area contributed by atoms with Crippen LogP contribution in [0.3, 0.4) is 0 Å². The lowest BCUT2D eigenvalue weighted by molar-refractivity contribution is 0.581. The lowest BCUT2D eigenvalue weighted by atomic mass is 10.1. The van der Waals surface area contributed by atoms with Crippen LogP contribution < -0.4 is 10.5 Å². The van der Waals surface area contributed by atoms with Crippen molar-refractivity contribution in [3.63, 3.8) is 0 Å². The van der Waals surface area contributed by atoms with Gasteiger partial charge in [0.2, 0.25) is 10.0 Å². The van der Waals surface area contributed by atoms with Gasteiger partial charge in [0.25, 0.3) is 0 Å². The van der Waals surface area contributed by atoms with Crippen molar-refractivity contribution >= 4 is 15.8 Å². The Bertz CT molecular complexity index is 687. The van der Waals surface area contributed by atoms with E-state index in [9.17, 15) is 12.8 Å². The molecular formula is C13H14FN3O2S. The second kappa shape index (κ2) is 5.98. The van der Waals surface area contributed by atoms with Crippen molar-refractivity contribution in [1.29, 1.82) is 0 Å². The quantitative estimate of drug-likeness (QED) is 0.871. The van der Waals surface area contributed by atoms with Crippen LogP contribution in [0.5, 0.6) is 0 Å². The zero-order chi connectivity index (χ0) is 14.6. The fourth-order valence-corrected chi connectivity index (χ4v) is 2.63. The first kappa shape index (κ1) is 14.4. The van der Waals surface area contributed by atoms with Gasteiger partial charge in [0.05, 0.1) is 0 Å². The number of hydrogen-bond donors (Lipinski definition) is 2. The molecule has 0 bridgehead atoms. The number of rotatable bonds is 5. The summed E-state index contributed by atoms with van der Waals surface area (Å²) in [5.41, 5.74) is 6.12. The Morgan fingerprint density at radius 1 is 1.25 bits per heavy atom. The van der Waals surface area contributed by atoms with E-state index in [1.807, 2.05) is 0 Å². The van der Waals surface area contributed by atoms with Gasteiger partial charge >= 0.3 is 0 Å². The van der Waals surface area contributed by atoms with Crippen molar-refractivity contribution in [1.82, 2.24) is 9.71 Å². The van der Waals surface area contributed by atoms with Crippen molar-refractivity contribution in [2.45, 2.75) is 11.3 Å². The van der Waals surface area contributed by atoms with Gasteiger partial charge in [-0.2, -0.15) is 0 Å². The maximum atomic E-state index is 13.0. The normalized spacial score (nSPS) is 11.4. The third kappa shape index (κ3) is 3.75. The highest BCUT2D eigenvalue weighted by Crippen LogP contribution is 2.09. The molecule has 2 aromatic rings. The van der Waals surface area contributed by atoms with Crippen molar-refractivity contribution in [3.05, 3.63) is 54.0 Å². The summed E-state index contributed by atoms with van der Waals surface area (Å²) in [6.07, 6.45) is 1.60. The first-order valence-electron chi connectivity index (χ1n) is 5.93. The highest BCUT2D eigenvalue weighted by Gasteiger charge is 2.13. The van der Waals surface area contributed by atoms with Crippen molar-refractivity contribution in [2.75, 3.05) is 12.3 Å². The summed E-state index contributed by atoms with van der Waals surface area (Å²) < 4.78 is 39.3. The van der Waals surface area contributed by atoms with Crippen molar-refractivity contribution < 1.29 is 12.8 Å². The Morgan fingerprint density at radius 3 is 2.70 bits per heavy atom. The molecule has 0 aliphatic rings. The summed E-state index contributed by atoms with van der Waals surface area (Å²) in [7, 11) is -3.62. The number of nitrogens with zero attached hydrogens (tertiary/aromatic N) is 1. The largest absolute Gasteiger partial charge is 0.384 e. The summed E-state index contributed by atoms with van der Waals surface area (Å²) in [4.78, 5) is 3.78. The van der Waals surface area contributed by atoms with Gasteiger partial charge in [0, 0.05) is 12.7 Å². The minimum Gasteiger partial charge on any atom is -0.384 e. The zero-order valence-electron chi connectivity index (χ0n) is 10.6. The lowest BCUT2D eigenvalue weighted by Gasteiger charge is -2.06. The Kier molecular flexibility index (Phi) is 4.31. The fraction of sp³-hybridized carbons (Fsp3) is 0.154. The molecule has 0 spiro atoms. The van der Waals surface area contributed by atoms with Crippen LogP contribution in [0.2, 0.25) is 0 Å². The number of anilines is 1. The van der Waals surface area contributed by atoms with Crippen LogP contribution >= 0.6 is 0 Å². The molecule has 1 aromatic carbocycles. The maximum absolute atomic E-state index is 13.0.